The van der Waals surface area contributed by atoms with E-state index in [-0.39, 0.29) is 12.3 Å². The lowest BCUT2D eigenvalue weighted by Crippen LogP contribution is -2.33. The van der Waals surface area contributed by atoms with Crippen molar-refractivity contribution in [3.8, 4) is 11.4 Å². The molecule has 1 fully saturated rings. The number of rotatable bonds is 4. The second-order valence-corrected chi connectivity index (χ2v) is 5.20. The van der Waals surface area contributed by atoms with Gasteiger partial charge in [0, 0.05) is 11.6 Å². The summed E-state index contributed by atoms with van der Waals surface area (Å²) in [7, 11) is 0. The number of aromatic amines is 1. The fraction of sp³-hybridized carbons (Fsp3) is 0.400. The molecule has 1 heterocycles. The average molecular weight is 270 g/mol. The van der Waals surface area contributed by atoms with Gasteiger partial charge in [-0.1, -0.05) is 43.2 Å². The Hall–Kier alpha value is -2.17. The first-order valence-electron chi connectivity index (χ1n) is 7.07. The fourth-order valence-electron chi connectivity index (χ4n) is 2.59. The molecule has 0 atom stereocenters. The molecule has 1 amide bonds. The zero-order valence-corrected chi connectivity index (χ0v) is 11.3. The largest absolute Gasteiger partial charge is 0.353 e. The Balaban J connectivity index is 1.61. The number of nitrogens with zero attached hydrogens (tertiary/aromatic N) is 2. The van der Waals surface area contributed by atoms with Crippen LogP contribution in [0.15, 0.2) is 30.3 Å². The summed E-state index contributed by atoms with van der Waals surface area (Å²) >= 11 is 0. The summed E-state index contributed by atoms with van der Waals surface area (Å²) in [5, 5.41) is 10.0. The molecule has 1 aromatic carbocycles. The summed E-state index contributed by atoms with van der Waals surface area (Å²) in [4.78, 5) is 16.3. The topological polar surface area (TPSA) is 70.7 Å². The van der Waals surface area contributed by atoms with E-state index in [9.17, 15) is 4.79 Å². The van der Waals surface area contributed by atoms with E-state index in [2.05, 4.69) is 20.5 Å². The molecular weight excluding hydrogens is 252 g/mol. The molecule has 104 valence electrons. The van der Waals surface area contributed by atoms with Crippen molar-refractivity contribution in [1.29, 1.82) is 0 Å². The molecule has 2 N–H and O–H groups in total. The highest BCUT2D eigenvalue weighted by atomic mass is 16.1. The van der Waals surface area contributed by atoms with Crippen LogP contribution in [0.4, 0.5) is 0 Å². The molecule has 0 saturated heterocycles. The van der Waals surface area contributed by atoms with E-state index in [1.54, 1.807) is 0 Å². The molecule has 20 heavy (non-hydrogen) atoms. The molecule has 0 spiro atoms. The zero-order chi connectivity index (χ0) is 13.8. The summed E-state index contributed by atoms with van der Waals surface area (Å²) in [5.74, 6) is 1.27. The molecule has 0 radical (unpaired) electrons. The van der Waals surface area contributed by atoms with Gasteiger partial charge in [-0.05, 0) is 12.8 Å². The van der Waals surface area contributed by atoms with Crippen molar-refractivity contribution in [2.45, 2.75) is 38.1 Å². The highest BCUT2D eigenvalue weighted by Crippen LogP contribution is 2.18. The molecular formula is C15H18N4O. The monoisotopic (exact) mass is 270 g/mol. The van der Waals surface area contributed by atoms with Crippen molar-refractivity contribution >= 4 is 5.91 Å². The predicted molar refractivity (Wildman–Crippen MR) is 75.9 cm³/mol. The maximum Gasteiger partial charge on any atom is 0.227 e. The van der Waals surface area contributed by atoms with E-state index in [4.69, 9.17) is 0 Å². The summed E-state index contributed by atoms with van der Waals surface area (Å²) in [5.41, 5.74) is 0.950. The Morgan fingerprint density at radius 1 is 1.25 bits per heavy atom. The number of nitrogens with one attached hydrogen (secondary N) is 2. The molecule has 0 unspecified atom stereocenters. The van der Waals surface area contributed by atoms with Crippen molar-refractivity contribution in [3.05, 3.63) is 36.2 Å². The van der Waals surface area contributed by atoms with E-state index in [0.717, 1.165) is 18.4 Å². The van der Waals surface area contributed by atoms with Crippen LogP contribution in [0.1, 0.15) is 31.5 Å². The molecule has 5 heteroatoms. The molecule has 1 aliphatic rings. The van der Waals surface area contributed by atoms with E-state index in [1.807, 2.05) is 30.3 Å². The predicted octanol–water partition coefficient (Wildman–Crippen LogP) is 2.07. The zero-order valence-electron chi connectivity index (χ0n) is 11.3. The lowest BCUT2D eigenvalue weighted by Gasteiger charge is -2.10. The van der Waals surface area contributed by atoms with Crippen LogP contribution in [0.2, 0.25) is 0 Å². The minimum Gasteiger partial charge on any atom is -0.353 e. The van der Waals surface area contributed by atoms with Crippen LogP contribution in [-0.2, 0) is 11.2 Å². The van der Waals surface area contributed by atoms with Gasteiger partial charge in [-0.15, -0.1) is 0 Å². The average Bonchev–Trinajstić information content (AvgIpc) is 3.11. The molecule has 1 aromatic heterocycles. The number of hydrogen-bond donors (Lipinski definition) is 2. The minimum absolute atomic E-state index is 0.0210. The fourth-order valence-corrected chi connectivity index (χ4v) is 2.59. The van der Waals surface area contributed by atoms with Gasteiger partial charge >= 0.3 is 0 Å². The summed E-state index contributed by atoms with van der Waals surface area (Å²) in [6, 6.07) is 10.1. The van der Waals surface area contributed by atoms with E-state index >= 15 is 0 Å². The van der Waals surface area contributed by atoms with Gasteiger partial charge in [0.1, 0.15) is 5.82 Å². The van der Waals surface area contributed by atoms with Crippen molar-refractivity contribution in [3.63, 3.8) is 0 Å². The number of carbonyl (C=O) groups excluding carboxylic acids is 1. The third-order valence-corrected chi connectivity index (χ3v) is 3.61. The maximum atomic E-state index is 11.9. The summed E-state index contributed by atoms with van der Waals surface area (Å²) < 4.78 is 0. The van der Waals surface area contributed by atoms with Crippen LogP contribution < -0.4 is 5.32 Å². The summed E-state index contributed by atoms with van der Waals surface area (Å²) in [6.07, 6.45) is 4.88. The van der Waals surface area contributed by atoms with Crippen molar-refractivity contribution in [2.75, 3.05) is 0 Å². The maximum absolute atomic E-state index is 11.9. The van der Waals surface area contributed by atoms with Crippen LogP contribution in [-0.4, -0.2) is 27.1 Å². The van der Waals surface area contributed by atoms with Crippen molar-refractivity contribution < 1.29 is 4.79 Å². The third-order valence-electron chi connectivity index (χ3n) is 3.61. The SMILES string of the molecule is O=C(Cc1nc(-c2ccccc2)n[nH]1)NC1CCCC1. The normalized spacial score (nSPS) is 15.4. The van der Waals surface area contributed by atoms with Gasteiger partial charge in [-0.2, -0.15) is 5.10 Å². The number of hydrogen-bond acceptors (Lipinski definition) is 3. The Bertz CT molecular complexity index is 573. The van der Waals surface area contributed by atoms with Crippen LogP contribution in [0, 0.1) is 0 Å². The molecule has 1 aliphatic carbocycles. The van der Waals surface area contributed by atoms with Crippen LogP contribution in [0.25, 0.3) is 11.4 Å². The summed E-state index contributed by atoms with van der Waals surface area (Å²) in [6.45, 7) is 0. The van der Waals surface area contributed by atoms with Gasteiger partial charge in [0.15, 0.2) is 5.82 Å². The first-order valence-corrected chi connectivity index (χ1v) is 7.07. The second kappa shape index (κ2) is 5.86. The number of benzene rings is 1. The smallest absolute Gasteiger partial charge is 0.227 e. The van der Waals surface area contributed by atoms with E-state index in [1.165, 1.54) is 12.8 Å². The highest BCUT2D eigenvalue weighted by molar-refractivity contribution is 5.78. The van der Waals surface area contributed by atoms with Gasteiger partial charge in [-0.3, -0.25) is 9.89 Å². The van der Waals surface area contributed by atoms with Crippen LogP contribution in [0.5, 0.6) is 0 Å². The third kappa shape index (κ3) is 3.04. The quantitative estimate of drug-likeness (QED) is 0.893. The van der Waals surface area contributed by atoms with Gasteiger partial charge in [0.25, 0.3) is 0 Å². The Kier molecular flexibility index (Phi) is 3.76. The number of carbonyl (C=O) groups is 1. The minimum atomic E-state index is 0.0210. The van der Waals surface area contributed by atoms with Crippen molar-refractivity contribution in [1.82, 2.24) is 20.5 Å². The number of H-pyrrole nitrogens is 1. The first kappa shape index (κ1) is 12.8. The molecule has 2 aromatic rings. The lowest BCUT2D eigenvalue weighted by atomic mass is 10.2. The Morgan fingerprint density at radius 3 is 2.75 bits per heavy atom. The van der Waals surface area contributed by atoms with Gasteiger partial charge in [0.2, 0.25) is 5.91 Å². The Morgan fingerprint density at radius 2 is 2.00 bits per heavy atom. The van der Waals surface area contributed by atoms with Crippen LogP contribution in [0.3, 0.4) is 0 Å². The number of amides is 1. The van der Waals surface area contributed by atoms with Gasteiger partial charge in [0.05, 0.1) is 6.42 Å². The van der Waals surface area contributed by atoms with E-state index < -0.39 is 0 Å². The standard InChI is InChI=1S/C15H18N4O/c20-14(16-12-8-4-5-9-12)10-13-17-15(19-18-13)11-6-2-1-3-7-11/h1-3,6-7,12H,4-5,8-10H2,(H,16,20)(H,17,18,19). The van der Waals surface area contributed by atoms with E-state index in [0.29, 0.717) is 17.7 Å². The molecule has 5 nitrogen and oxygen atoms in total. The Labute approximate surface area is 117 Å². The lowest BCUT2D eigenvalue weighted by molar-refractivity contribution is -0.121. The molecule has 1 saturated carbocycles. The first-order chi connectivity index (χ1) is 9.81. The number of aromatic nitrogens is 3. The highest BCUT2D eigenvalue weighted by Gasteiger charge is 2.18. The second-order valence-electron chi connectivity index (χ2n) is 5.20. The van der Waals surface area contributed by atoms with Gasteiger partial charge in [-0.25, -0.2) is 4.98 Å². The van der Waals surface area contributed by atoms with Gasteiger partial charge < -0.3 is 5.32 Å². The van der Waals surface area contributed by atoms with Crippen LogP contribution >= 0.6 is 0 Å². The van der Waals surface area contributed by atoms with Crippen molar-refractivity contribution in [2.24, 2.45) is 0 Å². The molecule has 0 bridgehead atoms. The molecule has 3 rings (SSSR count). The molecule has 0 aliphatic heterocycles.